The van der Waals surface area contributed by atoms with E-state index in [0.717, 1.165) is 0 Å². The fraction of sp³-hybridized carbons (Fsp3) is 0. The average molecular weight is 360 g/mol. The third-order valence-corrected chi connectivity index (χ3v) is 3.74. The van der Waals surface area contributed by atoms with Gasteiger partial charge in [-0.1, -0.05) is 23.2 Å². The summed E-state index contributed by atoms with van der Waals surface area (Å²) in [7, 11) is 0. The number of hydrogen-bond donors (Lipinski definition) is 1. The highest BCUT2D eigenvalue weighted by molar-refractivity contribution is 6.33. The highest BCUT2D eigenvalue weighted by Gasteiger charge is 2.12. The minimum Gasteiger partial charge on any atom is -0.336 e. The lowest BCUT2D eigenvalue weighted by Crippen LogP contribution is -1.99. The Balaban J connectivity index is 2.08. The monoisotopic (exact) mass is 359 g/mol. The molecule has 7 heteroatoms. The van der Waals surface area contributed by atoms with Crippen LogP contribution in [0.15, 0.2) is 42.7 Å². The van der Waals surface area contributed by atoms with Crippen molar-refractivity contribution in [3.05, 3.63) is 64.1 Å². The second-order valence-electron chi connectivity index (χ2n) is 4.78. The fourth-order valence-corrected chi connectivity index (χ4v) is 2.57. The SMILES string of the molecule is [2H]c1nc(Nc2c(F)cc(C=CC#N)cc2Cl)c2ccc(Cl)cc2n1. The minimum atomic E-state index is -0.614. The molecule has 0 spiro atoms. The Kier molecular flexibility index (Phi) is 4.24. The zero-order valence-electron chi connectivity index (χ0n) is 13.0. The number of rotatable bonds is 3. The molecule has 0 unspecified atom stereocenters. The number of nitriles is 1. The molecule has 0 bridgehead atoms. The Morgan fingerprint density at radius 3 is 2.83 bits per heavy atom. The van der Waals surface area contributed by atoms with E-state index in [2.05, 4.69) is 15.3 Å². The molecule has 4 nitrogen and oxygen atoms in total. The second-order valence-corrected chi connectivity index (χ2v) is 5.62. The summed E-state index contributed by atoms with van der Waals surface area (Å²) in [5.74, 6) is -0.370. The third kappa shape index (κ3) is 3.30. The minimum absolute atomic E-state index is 0.0186. The van der Waals surface area contributed by atoms with Crippen molar-refractivity contribution in [1.82, 2.24) is 9.97 Å². The van der Waals surface area contributed by atoms with Crippen LogP contribution in [0.3, 0.4) is 0 Å². The van der Waals surface area contributed by atoms with E-state index >= 15 is 0 Å². The molecule has 0 aliphatic rings. The van der Waals surface area contributed by atoms with Crippen LogP contribution in [0.2, 0.25) is 10.0 Å². The Hall–Kier alpha value is -2.68. The maximum atomic E-state index is 14.4. The standard InChI is InChI=1S/C17H9Cl2FN4/c18-11-3-4-12-15(8-11)22-9-23-17(12)24-16-13(19)6-10(2-1-5-21)7-14(16)20/h1-4,6-9H,(H,22,23,24)/i9D. The van der Waals surface area contributed by atoms with Crippen molar-refractivity contribution in [1.29, 1.82) is 5.26 Å². The maximum Gasteiger partial charge on any atom is 0.148 e. The molecule has 3 rings (SSSR count). The van der Waals surface area contributed by atoms with Gasteiger partial charge in [-0.25, -0.2) is 14.4 Å². The van der Waals surface area contributed by atoms with Crippen LogP contribution in [-0.4, -0.2) is 9.97 Å². The summed E-state index contributed by atoms with van der Waals surface area (Å²) < 4.78 is 22.1. The van der Waals surface area contributed by atoms with Crippen LogP contribution in [0.25, 0.3) is 17.0 Å². The van der Waals surface area contributed by atoms with Gasteiger partial charge in [0.25, 0.3) is 0 Å². The molecule has 0 saturated carbocycles. The quantitative estimate of drug-likeness (QED) is 0.639. The first-order valence-electron chi connectivity index (χ1n) is 7.24. The molecule has 0 amide bonds. The number of aromatic nitrogens is 2. The molecule has 3 aromatic rings. The lowest BCUT2D eigenvalue weighted by atomic mass is 10.1. The summed E-state index contributed by atoms with van der Waals surface area (Å²) in [6.07, 6.45) is 2.44. The Morgan fingerprint density at radius 1 is 1.25 bits per heavy atom. The Labute approximate surface area is 148 Å². The number of fused-ring (bicyclic) bond motifs is 1. The lowest BCUT2D eigenvalue weighted by Gasteiger charge is -2.11. The number of nitrogens with one attached hydrogen (secondary N) is 1. The van der Waals surface area contributed by atoms with Crippen molar-refractivity contribution < 1.29 is 5.76 Å². The van der Waals surface area contributed by atoms with E-state index < -0.39 is 5.82 Å². The van der Waals surface area contributed by atoms with Crippen molar-refractivity contribution in [2.45, 2.75) is 0 Å². The first-order valence-corrected chi connectivity index (χ1v) is 7.49. The van der Waals surface area contributed by atoms with Gasteiger partial charge in [0.15, 0.2) is 0 Å². The second kappa shape index (κ2) is 6.83. The van der Waals surface area contributed by atoms with Crippen molar-refractivity contribution in [2.75, 3.05) is 5.32 Å². The molecule has 118 valence electrons. The average Bonchev–Trinajstić information content (AvgIpc) is 2.55. The van der Waals surface area contributed by atoms with Crippen LogP contribution < -0.4 is 5.32 Å². The van der Waals surface area contributed by atoms with E-state index in [0.29, 0.717) is 21.5 Å². The van der Waals surface area contributed by atoms with Gasteiger partial charge < -0.3 is 5.32 Å². The van der Waals surface area contributed by atoms with Crippen LogP contribution >= 0.6 is 23.2 Å². The molecule has 0 aliphatic carbocycles. The number of nitrogens with zero attached hydrogens (tertiary/aromatic N) is 3. The highest BCUT2D eigenvalue weighted by atomic mass is 35.5. The van der Waals surface area contributed by atoms with Gasteiger partial charge >= 0.3 is 0 Å². The summed E-state index contributed by atoms with van der Waals surface area (Å²) in [6, 6.07) is 9.50. The van der Waals surface area contributed by atoms with E-state index in [9.17, 15) is 4.39 Å². The van der Waals surface area contributed by atoms with Crippen molar-refractivity contribution in [2.24, 2.45) is 0 Å². The maximum absolute atomic E-state index is 14.4. The molecular weight excluding hydrogens is 350 g/mol. The van der Waals surface area contributed by atoms with Crippen molar-refractivity contribution >= 4 is 51.7 Å². The molecule has 0 fully saturated rings. The van der Waals surface area contributed by atoms with Crippen LogP contribution in [-0.2, 0) is 0 Å². The largest absolute Gasteiger partial charge is 0.336 e. The molecule has 1 N–H and O–H groups in total. The Morgan fingerprint density at radius 2 is 2.08 bits per heavy atom. The van der Waals surface area contributed by atoms with E-state index in [1.807, 2.05) is 6.07 Å². The molecule has 0 saturated heterocycles. The van der Waals surface area contributed by atoms with Crippen LogP contribution in [0.1, 0.15) is 6.93 Å². The summed E-state index contributed by atoms with van der Waals surface area (Å²) in [6.45, 7) is 0. The van der Waals surface area contributed by atoms with Crippen LogP contribution in [0, 0.1) is 17.1 Å². The van der Waals surface area contributed by atoms with Gasteiger partial charge in [-0.15, -0.1) is 0 Å². The third-order valence-electron chi connectivity index (χ3n) is 3.21. The number of benzene rings is 2. The molecular formula is C17H9Cl2FN4. The molecule has 2 aromatic carbocycles. The lowest BCUT2D eigenvalue weighted by molar-refractivity contribution is 0.631. The highest BCUT2D eigenvalue weighted by Crippen LogP contribution is 2.32. The summed E-state index contributed by atoms with van der Waals surface area (Å²) >= 11 is 12.1. The van der Waals surface area contributed by atoms with Gasteiger partial charge in [-0.05, 0) is 42.0 Å². The molecule has 0 aliphatic heterocycles. The molecule has 1 aromatic heterocycles. The molecule has 24 heavy (non-hydrogen) atoms. The molecule has 0 radical (unpaired) electrons. The zero-order chi connectivity index (χ0) is 18.0. The zero-order valence-corrected chi connectivity index (χ0v) is 13.5. The van der Waals surface area contributed by atoms with Gasteiger partial charge in [0, 0.05) is 16.5 Å². The smallest absolute Gasteiger partial charge is 0.148 e. The van der Waals surface area contributed by atoms with E-state index in [4.69, 9.17) is 29.8 Å². The first kappa shape index (κ1) is 14.9. The predicted octanol–water partition coefficient (Wildman–Crippen LogP) is 5.36. The van der Waals surface area contributed by atoms with E-state index in [1.165, 1.54) is 24.3 Å². The summed E-state index contributed by atoms with van der Waals surface area (Å²) in [4.78, 5) is 8.00. The number of hydrogen-bond acceptors (Lipinski definition) is 4. The van der Waals surface area contributed by atoms with Crippen molar-refractivity contribution in [3.8, 4) is 6.07 Å². The number of allylic oxidation sites excluding steroid dienone is 1. The number of anilines is 2. The van der Waals surface area contributed by atoms with Crippen LogP contribution in [0.5, 0.6) is 0 Å². The van der Waals surface area contributed by atoms with E-state index in [-0.39, 0.29) is 22.8 Å². The molecule has 1 heterocycles. The van der Waals surface area contributed by atoms with Crippen LogP contribution in [0.4, 0.5) is 15.9 Å². The van der Waals surface area contributed by atoms with Gasteiger partial charge in [0.05, 0.1) is 22.3 Å². The number of halogens is 3. The van der Waals surface area contributed by atoms with E-state index in [1.54, 1.807) is 18.2 Å². The predicted molar refractivity (Wildman–Crippen MR) is 93.9 cm³/mol. The van der Waals surface area contributed by atoms with Gasteiger partial charge in [-0.2, -0.15) is 5.26 Å². The fourth-order valence-electron chi connectivity index (χ4n) is 2.14. The summed E-state index contributed by atoms with van der Waals surface area (Å²) in [5, 5.41) is 12.5. The summed E-state index contributed by atoms with van der Waals surface area (Å²) in [5.41, 5.74) is 0.931. The topological polar surface area (TPSA) is 61.6 Å². The van der Waals surface area contributed by atoms with Gasteiger partial charge in [0.2, 0.25) is 0 Å². The van der Waals surface area contributed by atoms with Gasteiger partial charge in [-0.3, -0.25) is 0 Å². The molecule has 0 atom stereocenters. The van der Waals surface area contributed by atoms with Crippen molar-refractivity contribution in [3.63, 3.8) is 0 Å². The Bertz CT molecular complexity index is 1020. The van der Waals surface area contributed by atoms with Gasteiger partial charge in [0.1, 0.15) is 19.3 Å². The normalized spacial score (nSPS) is 11.5. The first-order chi connectivity index (χ1) is 12.0.